The number of likely N-dealkylation sites (tertiary alicyclic amines) is 1. The van der Waals surface area contributed by atoms with E-state index in [4.69, 9.17) is 0 Å². The molecule has 6 heteroatoms. The van der Waals surface area contributed by atoms with E-state index in [9.17, 15) is 13.2 Å². The summed E-state index contributed by atoms with van der Waals surface area (Å²) in [7, 11) is 0. The van der Waals surface area contributed by atoms with E-state index in [0.29, 0.717) is 6.54 Å². The predicted octanol–water partition coefficient (Wildman–Crippen LogP) is 3.00. The van der Waals surface area contributed by atoms with E-state index in [1.54, 1.807) is 0 Å². The lowest BCUT2D eigenvalue weighted by molar-refractivity contribution is -0.137. The van der Waals surface area contributed by atoms with Gasteiger partial charge in [-0.25, -0.2) is 4.98 Å². The van der Waals surface area contributed by atoms with E-state index in [1.807, 2.05) is 0 Å². The molecule has 0 atom stereocenters. The highest BCUT2D eigenvalue weighted by Crippen LogP contribution is 2.29. The number of hydrogen-bond acceptors (Lipinski definition) is 3. The predicted molar refractivity (Wildman–Crippen MR) is 68.0 cm³/mol. The number of nitrogens with one attached hydrogen (secondary N) is 1. The third-order valence-corrected chi connectivity index (χ3v) is 3.27. The van der Waals surface area contributed by atoms with Crippen LogP contribution in [0.2, 0.25) is 0 Å². The molecular formula is C13H18F3N3. The number of hydrogen-bond donors (Lipinski definition) is 1. The van der Waals surface area contributed by atoms with Crippen molar-refractivity contribution in [2.75, 3.05) is 31.5 Å². The monoisotopic (exact) mass is 273 g/mol. The Hall–Kier alpha value is -1.30. The first-order valence-corrected chi connectivity index (χ1v) is 6.55. The van der Waals surface area contributed by atoms with Crippen LogP contribution in [0.15, 0.2) is 18.3 Å². The Balaban J connectivity index is 1.82. The Morgan fingerprint density at radius 2 is 1.95 bits per heavy atom. The van der Waals surface area contributed by atoms with Gasteiger partial charge in [-0.3, -0.25) is 0 Å². The Morgan fingerprint density at radius 1 is 1.21 bits per heavy atom. The van der Waals surface area contributed by atoms with Gasteiger partial charge in [0.15, 0.2) is 0 Å². The standard InChI is InChI=1S/C13H18F3N3/c14-13(15,16)11-4-5-17-12(10-11)18-6-9-19-7-2-1-3-8-19/h4-5,10H,1-3,6-9H2,(H,17,18). The van der Waals surface area contributed by atoms with E-state index in [0.717, 1.165) is 31.8 Å². The number of rotatable bonds is 4. The quantitative estimate of drug-likeness (QED) is 0.914. The van der Waals surface area contributed by atoms with Crippen molar-refractivity contribution in [3.8, 4) is 0 Å². The first-order valence-electron chi connectivity index (χ1n) is 6.55. The molecule has 3 nitrogen and oxygen atoms in total. The van der Waals surface area contributed by atoms with E-state index in [-0.39, 0.29) is 5.82 Å². The number of alkyl halides is 3. The molecule has 0 aliphatic carbocycles. The van der Waals surface area contributed by atoms with Crippen LogP contribution in [0, 0.1) is 0 Å². The van der Waals surface area contributed by atoms with E-state index in [2.05, 4.69) is 15.2 Å². The minimum atomic E-state index is -4.31. The molecular weight excluding hydrogens is 255 g/mol. The van der Waals surface area contributed by atoms with Crippen LogP contribution >= 0.6 is 0 Å². The molecule has 0 unspecified atom stereocenters. The van der Waals surface area contributed by atoms with Crippen LogP contribution in [0.5, 0.6) is 0 Å². The average molecular weight is 273 g/mol. The Kier molecular flexibility index (Phi) is 4.63. The maximum Gasteiger partial charge on any atom is 0.416 e. The smallest absolute Gasteiger partial charge is 0.369 e. The van der Waals surface area contributed by atoms with Gasteiger partial charge in [-0.2, -0.15) is 13.2 Å². The van der Waals surface area contributed by atoms with Crippen LogP contribution in [0.3, 0.4) is 0 Å². The fourth-order valence-electron chi connectivity index (χ4n) is 2.23. The van der Waals surface area contributed by atoms with Gasteiger partial charge in [0, 0.05) is 19.3 Å². The van der Waals surface area contributed by atoms with Gasteiger partial charge < -0.3 is 10.2 Å². The topological polar surface area (TPSA) is 28.2 Å². The highest BCUT2D eigenvalue weighted by molar-refractivity contribution is 5.38. The number of anilines is 1. The summed E-state index contributed by atoms with van der Waals surface area (Å²) in [5, 5.41) is 2.95. The van der Waals surface area contributed by atoms with Crippen LogP contribution in [0.25, 0.3) is 0 Å². The summed E-state index contributed by atoms with van der Waals surface area (Å²) in [4.78, 5) is 6.23. The van der Waals surface area contributed by atoms with Crippen LogP contribution in [0.1, 0.15) is 24.8 Å². The van der Waals surface area contributed by atoms with Crippen molar-refractivity contribution < 1.29 is 13.2 Å². The molecule has 106 valence electrons. The maximum atomic E-state index is 12.5. The lowest BCUT2D eigenvalue weighted by Crippen LogP contribution is -2.33. The highest BCUT2D eigenvalue weighted by atomic mass is 19.4. The molecule has 2 rings (SSSR count). The second-order valence-corrected chi connectivity index (χ2v) is 4.76. The number of piperidine rings is 1. The zero-order valence-corrected chi connectivity index (χ0v) is 10.7. The second-order valence-electron chi connectivity index (χ2n) is 4.76. The van der Waals surface area contributed by atoms with Gasteiger partial charge in [0.05, 0.1) is 5.56 Å². The summed E-state index contributed by atoms with van der Waals surface area (Å²) in [5.41, 5.74) is -0.664. The third kappa shape index (κ3) is 4.38. The normalized spacial score (nSPS) is 17.4. The van der Waals surface area contributed by atoms with Crippen LogP contribution in [-0.2, 0) is 6.18 Å². The van der Waals surface area contributed by atoms with Crippen molar-refractivity contribution in [1.82, 2.24) is 9.88 Å². The first kappa shape index (κ1) is 14.1. The van der Waals surface area contributed by atoms with E-state index in [1.165, 1.54) is 25.5 Å². The summed E-state index contributed by atoms with van der Waals surface area (Å²) in [5.74, 6) is 0.284. The van der Waals surface area contributed by atoms with E-state index >= 15 is 0 Å². The molecule has 1 N–H and O–H groups in total. The van der Waals surface area contributed by atoms with Crippen molar-refractivity contribution in [3.05, 3.63) is 23.9 Å². The minimum Gasteiger partial charge on any atom is -0.369 e. The molecule has 0 radical (unpaired) electrons. The summed E-state index contributed by atoms with van der Waals surface area (Å²) in [6.45, 7) is 3.63. The van der Waals surface area contributed by atoms with Gasteiger partial charge in [0.25, 0.3) is 0 Å². The lowest BCUT2D eigenvalue weighted by atomic mass is 10.1. The molecule has 19 heavy (non-hydrogen) atoms. The van der Waals surface area contributed by atoms with Crippen molar-refractivity contribution >= 4 is 5.82 Å². The molecule has 1 saturated heterocycles. The third-order valence-electron chi connectivity index (χ3n) is 3.27. The Bertz CT molecular complexity index is 400. The van der Waals surface area contributed by atoms with Crippen LogP contribution in [0.4, 0.5) is 19.0 Å². The number of pyridine rings is 1. The first-order chi connectivity index (χ1) is 9.05. The lowest BCUT2D eigenvalue weighted by Gasteiger charge is -2.26. The SMILES string of the molecule is FC(F)(F)c1ccnc(NCCN2CCCCC2)c1. The molecule has 0 amide bonds. The zero-order chi connectivity index (χ0) is 13.7. The molecule has 1 fully saturated rings. The number of aromatic nitrogens is 1. The van der Waals surface area contributed by atoms with Crippen LogP contribution in [-0.4, -0.2) is 36.1 Å². The van der Waals surface area contributed by atoms with Crippen molar-refractivity contribution in [1.29, 1.82) is 0 Å². The zero-order valence-electron chi connectivity index (χ0n) is 10.7. The molecule has 0 bridgehead atoms. The molecule has 1 aromatic rings. The Labute approximate surface area is 110 Å². The largest absolute Gasteiger partial charge is 0.416 e. The van der Waals surface area contributed by atoms with Crippen molar-refractivity contribution in [2.45, 2.75) is 25.4 Å². The fourth-order valence-corrected chi connectivity index (χ4v) is 2.23. The number of halogens is 3. The van der Waals surface area contributed by atoms with E-state index < -0.39 is 11.7 Å². The van der Waals surface area contributed by atoms with Crippen molar-refractivity contribution in [2.24, 2.45) is 0 Å². The van der Waals surface area contributed by atoms with Gasteiger partial charge in [0.1, 0.15) is 5.82 Å². The van der Waals surface area contributed by atoms with Gasteiger partial charge in [-0.05, 0) is 38.1 Å². The minimum absolute atomic E-state index is 0.284. The Morgan fingerprint density at radius 3 is 2.63 bits per heavy atom. The van der Waals surface area contributed by atoms with Crippen molar-refractivity contribution in [3.63, 3.8) is 0 Å². The maximum absolute atomic E-state index is 12.5. The molecule has 2 heterocycles. The molecule has 1 aliphatic heterocycles. The molecule has 1 aliphatic rings. The molecule has 0 spiro atoms. The van der Waals surface area contributed by atoms with Gasteiger partial charge in [-0.1, -0.05) is 6.42 Å². The molecule has 0 saturated carbocycles. The summed E-state index contributed by atoms with van der Waals surface area (Å²) in [6, 6.07) is 2.03. The second kappa shape index (κ2) is 6.23. The van der Waals surface area contributed by atoms with Gasteiger partial charge >= 0.3 is 6.18 Å². The number of nitrogens with zero attached hydrogens (tertiary/aromatic N) is 2. The van der Waals surface area contributed by atoms with Gasteiger partial charge in [-0.15, -0.1) is 0 Å². The summed E-state index contributed by atoms with van der Waals surface area (Å²) >= 11 is 0. The summed E-state index contributed by atoms with van der Waals surface area (Å²) < 4.78 is 37.6. The highest BCUT2D eigenvalue weighted by Gasteiger charge is 2.30. The molecule has 1 aromatic heterocycles. The van der Waals surface area contributed by atoms with Gasteiger partial charge in [0.2, 0.25) is 0 Å². The van der Waals surface area contributed by atoms with Crippen LogP contribution < -0.4 is 5.32 Å². The molecule has 0 aromatic carbocycles. The summed E-state index contributed by atoms with van der Waals surface area (Å²) in [6.07, 6.45) is 0.570. The fraction of sp³-hybridized carbons (Fsp3) is 0.615. The average Bonchev–Trinajstić information content (AvgIpc) is 2.39.